The van der Waals surface area contributed by atoms with Crippen LogP contribution in [0, 0.1) is 22.9 Å². The summed E-state index contributed by atoms with van der Waals surface area (Å²) in [6.07, 6.45) is 19.2. The van der Waals surface area contributed by atoms with Crippen molar-refractivity contribution >= 4 is 0 Å². The molecule has 0 bridgehead atoms. The maximum Gasteiger partial charge on any atom is 0.177 e. The summed E-state index contributed by atoms with van der Waals surface area (Å²) in [5, 5.41) is 23.1. The Hall–Kier alpha value is -2.46. The van der Waals surface area contributed by atoms with E-state index in [1.807, 2.05) is 26.2 Å². The minimum atomic E-state index is -0.260. The van der Waals surface area contributed by atoms with Gasteiger partial charge >= 0.3 is 0 Å². The molecule has 2 N–H and O–H groups in total. The first-order valence-corrected chi connectivity index (χ1v) is 7.08. The van der Waals surface area contributed by atoms with E-state index in [2.05, 4.69) is 47.1 Å². The third kappa shape index (κ3) is 3.77. The molecule has 21 heavy (non-hydrogen) atoms. The van der Waals surface area contributed by atoms with Crippen LogP contribution in [0.2, 0.25) is 0 Å². The lowest BCUT2D eigenvalue weighted by molar-refractivity contribution is 0.505. The lowest BCUT2D eigenvalue weighted by Crippen LogP contribution is -2.38. The van der Waals surface area contributed by atoms with E-state index < -0.39 is 0 Å². The molecule has 2 rings (SSSR count). The average molecular weight is 280 g/mol. The number of nitriles is 2. The van der Waals surface area contributed by atoms with E-state index >= 15 is 0 Å². The first-order chi connectivity index (χ1) is 9.99. The van der Waals surface area contributed by atoms with Gasteiger partial charge in [-0.25, -0.2) is 0 Å². The monoisotopic (exact) mass is 280 g/mol. The Morgan fingerprint density at radius 1 is 0.952 bits per heavy atom. The maximum atomic E-state index is 8.74. The quantitative estimate of drug-likeness (QED) is 0.613. The van der Waals surface area contributed by atoms with Crippen LogP contribution in [0.25, 0.3) is 0 Å². The van der Waals surface area contributed by atoms with Crippen molar-refractivity contribution in [3.05, 3.63) is 47.6 Å². The normalized spacial score (nSPS) is 30.7. The number of nitrogens with one attached hydrogen (secondary N) is 2. The molecule has 2 atom stereocenters. The van der Waals surface area contributed by atoms with E-state index in [-0.39, 0.29) is 11.1 Å². The van der Waals surface area contributed by atoms with Crippen LogP contribution >= 0.6 is 0 Å². The molecule has 4 heteroatoms. The molecule has 0 heterocycles. The van der Waals surface area contributed by atoms with Crippen LogP contribution in [0.1, 0.15) is 33.1 Å². The maximum absolute atomic E-state index is 8.74. The van der Waals surface area contributed by atoms with Crippen molar-refractivity contribution in [1.82, 2.24) is 10.6 Å². The molecule has 2 aliphatic carbocycles. The predicted molar refractivity (Wildman–Crippen MR) is 82.6 cm³/mol. The smallest absolute Gasteiger partial charge is 0.177 e. The number of hydrogen-bond donors (Lipinski definition) is 2. The molecule has 4 nitrogen and oxygen atoms in total. The molecule has 2 aliphatic rings. The van der Waals surface area contributed by atoms with Crippen LogP contribution in [-0.4, -0.2) is 11.1 Å². The lowest BCUT2D eigenvalue weighted by Gasteiger charge is -2.28. The standard InChI is InChI=1S/C17H20N4/c1-16(20-12-18)7-3-14(4-8-16)11-15-5-9-17(2,10-6-15)21-13-19/h3-7,9,20-21H,8,10-11H2,1-2H3. The molecule has 0 aliphatic heterocycles. The lowest BCUT2D eigenvalue weighted by atomic mass is 9.85. The Balaban J connectivity index is 1.95. The van der Waals surface area contributed by atoms with Crippen LogP contribution in [0.3, 0.4) is 0 Å². The third-order valence-corrected chi connectivity index (χ3v) is 4.00. The van der Waals surface area contributed by atoms with Crippen LogP contribution in [0.15, 0.2) is 47.6 Å². The highest BCUT2D eigenvalue weighted by Gasteiger charge is 2.23. The second-order valence-electron chi connectivity index (χ2n) is 6.12. The van der Waals surface area contributed by atoms with Crippen molar-refractivity contribution in [2.45, 2.75) is 44.2 Å². The average Bonchev–Trinajstić information content (AvgIpc) is 2.45. The summed E-state index contributed by atoms with van der Waals surface area (Å²) in [7, 11) is 0. The Kier molecular flexibility index (Phi) is 4.19. The largest absolute Gasteiger partial charge is 0.314 e. The van der Waals surface area contributed by atoms with Gasteiger partial charge in [-0.05, 0) is 44.3 Å². The highest BCUT2D eigenvalue weighted by Crippen LogP contribution is 2.28. The number of nitrogens with zero attached hydrogens (tertiary/aromatic N) is 2. The first kappa shape index (κ1) is 14.9. The molecule has 0 aromatic carbocycles. The molecule has 0 fully saturated rings. The number of allylic oxidation sites excluding steroid dienone is 4. The topological polar surface area (TPSA) is 71.6 Å². The van der Waals surface area contributed by atoms with E-state index in [1.165, 1.54) is 11.1 Å². The minimum absolute atomic E-state index is 0.260. The summed E-state index contributed by atoms with van der Waals surface area (Å²) in [5.41, 5.74) is 2.01. The van der Waals surface area contributed by atoms with Crippen molar-refractivity contribution in [1.29, 1.82) is 10.5 Å². The van der Waals surface area contributed by atoms with Gasteiger partial charge in [0.15, 0.2) is 12.4 Å². The summed E-state index contributed by atoms with van der Waals surface area (Å²) in [6, 6.07) is 0. The van der Waals surface area contributed by atoms with Gasteiger partial charge in [0.05, 0.1) is 11.1 Å². The summed E-state index contributed by atoms with van der Waals surface area (Å²) < 4.78 is 0. The second-order valence-corrected chi connectivity index (χ2v) is 6.12. The molecule has 2 unspecified atom stereocenters. The number of rotatable bonds is 4. The van der Waals surface area contributed by atoms with Crippen LogP contribution in [0.5, 0.6) is 0 Å². The minimum Gasteiger partial charge on any atom is -0.314 e. The van der Waals surface area contributed by atoms with Crippen LogP contribution in [0.4, 0.5) is 0 Å². The molecule has 0 saturated carbocycles. The molecule has 0 radical (unpaired) electrons. The van der Waals surface area contributed by atoms with Gasteiger partial charge in [-0.2, -0.15) is 10.5 Å². The third-order valence-electron chi connectivity index (χ3n) is 4.00. The van der Waals surface area contributed by atoms with Gasteiger partial charge < -0.3 is 10.6 Å². The molecule has 0 spiro atoms. The summed E-state index contributed by atoms with van der Waals surface area (Å²) in [5.74, 6) is 0. The summed E-state index contributed by atoms with van der Waals surface area (Å²) in [4.78, 5) is 0. The van der Waals surface area contributed by atoms with Crippen molar-refractivity contribution in [3.8, 4) is 12.4 Å². The Morgan fingerprint density at radius 3 is 1.67 bits per heavy atom. The van der Waals surface area contributed by atoms with Crippen molar-refractivity contribution in [3.63, 3.8) is 0 Å². The van der Waals surface area contributed by atoms with Crippen molar-refractivity contribution < 1.29 is 0 Å². The van der Waals surface area contributed by atoms with Crippen molar-refractivity contribution in [2.24, 2.45) is 0 Å². The van der Waals surface area contributed by atoms with E-state index in [9.17, 15) is 0 Å². The molecule has 0 aromatic rings. The molecular weight excluding hydrogens is 260 g/mol. The van der Waals surface area contributed by atoms with Gasteiger partial charge in [0.25, 0.3) is 0 Å². The van der Waals surface area contributed by atoms with Gasteiger partial charge in [-0.15, -0.1) is 0 Å². The molecule has 0 amide bonds. The zero-order chi connectivity index (χ0) is 15.3. The SMILES string of the molecule is CC1(NC#N)C=CC(CC2=CCC(C)(NC#N)C=C2)=CC1. The fraction of sp³-hybridized carbons (Fsp3) is 0.412. The molecule has 108 valence electrons. The van der Waals surface area contributed by atoms with Gasteiger partial charge in [0.1, 0.15) is 0 Å². The van der Waals surface area contributed by atoms with Gasteiger partial charge in [-0.1, -0.05) is 36.5 Å². The Morgan fingerprint density at radius 2 is 1.38 bits per heavy atom. The van der Waals surface area contributed by atoms with Gasteiger partial charge in [0.2, 0.25) is 0 Å². The zero-order valence-corrected chi connectivity index (χ0v) is 12.5. The van der Waals surface area contributed by atoms with Crippen molar-refractivity contribution in [2.75, 3.05) is 0 Å². The van der Waals surface area contributed by atoms with Crippen LogP contribution < -0.4 is 10.6 Å². The molecule has 0 saturated heterocycles. The highest BCUT2D eigenvalue weighted by molar-refractivity contribution is 5.38. The fourth-order valence-corrected chi connectivity index (χ4v) is 2.48. The van der Waals surface area contributed by atoms with E-state index in [4.69, 9.17) is 10.5 Å². The van der Waals surface area contributed by atoms with Crippen LogP contribution in [-0.2, 0) is 0 Å². The van der Waals surface area contributed by atoms with Gasteiger partial charge in [-0.3, -0.25) is 0 Å². The predicted octanol–water partition coefficient (Wildman–Crippen LogP) is 2.81. The first-order valence-electron chi connectivity index (χ1n) is 7.08. The Labute approximate surface area is 126 Å². The number of hydrogen-bond acceptors (Lipinski definition) is 4. The zero-order valence-electron chi connectivity index (χ0n) is 12.5. The van der Waals surface area contributed by atoms with Gasteiger partial charge in [0, 0.05) is 0 Å². The summed E-state index contributed by atoms with van der Waals surface area (Å²) >= 11 is 0. The molecular formula is C17H20N4. The second kappa shape index (κ2) is 5.89. The fourth-order valence-electron chi connectivity index (χ4n) is 2.48. The summed E-state index contributed by atoms with van der Waals surface area (Å²) in [6.45, 7) is 4.03. The molecule has 0 aromatic heterocycles. The Bertz CT molecular complexity index is 558. The van der Waals surface area contributed by atoms with E-state index in [1.54, 1.807) is 0 Å². The van der Waals surface area contributed by atoms with E-state index in [0.717, 1.165) is 19.3 Å². The van der Waals surface area contributed by atoms with E-state index in [0.29, 0.717) is 0 Å². The highest BCUT2D eigenvalue weighted by atomic mass is 15.0.